The van der Waals surface area contributed by atoms with Gasteiger partial charge in [0.15, 0.2) is 8.32 Å². The Hall–Kier alpha value is -0.266. The fourth-order valence-corrected chi connectivity index (χ4v) is 2.43. The lowest BCUT2D eigenvalue weighted by Gasteiger charge is -2.34. The van der Waals surface area contributed by atoms with Crippen molar-refractivity contribution < 1.29 is 14.0 Å². The Morgan fingerprint density at radius 3 is 1.94 bits per heavy atom. The molecule has 102 valence electrons. The maximum Gasteiger partial charge on any atom is 0.260 e. The third kappa shape index (κ3) is 6.28. The van der Waals surface area contributed by atoms with E-state index in [0.29, 0.717) is 5.95 Å². The van der Waals surface area contributed by atoms with Gasteiger partial charge in [-0.05, 0) is 50.3 Å². The summed E-state index contributed by atoms with van der Waals surface area (Å²) in [5.41, 5.74) is 0. The Morgan fingerprint density at radius 2 is 1.65 bits per heavy atom. The Balaban J connectivity index is 4.68. The monoisotopic (exact) mass is 276 g/mol. The van der Waals surface area contributed by atoms with E-state index in [2.05, 4.69) is 33.5 Å². The summed E-state index contributed by atoms with van der Waals surface area (Å²) >= 11 is 0. The number of methoxy groups -OCH3 is 1. The van der Waals surface area contributed by atoms with Crippen LogP contribution in [-0.2, 0) is 9.16 Å². The molecule has 0 unspecified atom stereocenters. The first-order chi connectivity index (χ1) is 7.39. The van der Waals surface area contributed by atoms with Crippen molar-refractivity contribution in [1.29, 1.82) is 0 Å². The lowest BCUT2D eigenvalue weighted by molar-refractivity contribution is 0.145. The van der Waals surface area contributed by atoms with Crippen LogP contribution in [0.5, 0.6) is 0 Å². The Kier molecular flexibility index (Phi) is 5.50. The minimum Gasteiger partial charge on any atom is -0.520 e. The number of hydrogen-bond donors (Lipinski definition) is 1. The fourth-order valence-electron chi connectivity index (χ4n) is 1.06. The van der Waals surface area contributed by atoms with Gasteiger partial charge in [-0.1, -0.05) is 13.8 Å². The van der Waals surface area contributed by atoms with Crippen molar-refractivity contribution in [1.82, 2.24) is 0 Å². The van der Waals surface area contributed by atoms with Crippen LogP contribution in [0.1, 0.15) is 20.3 Å². The molecule has 0 aromatic heterocycles. The van der Waals surface area contributed by atoms with Gasteiger partial charge in [-0.25, -0.2) is 0 Å². The lowest BCUT2D eigenvalue weighted by atomic mass is 10.1. The summed E-state index contributed by atoms with van der Waals surface area (Å²) in [7, 11) is -2.17. The molecule has 0 bridgehead atoms. The minimum atomic E-state index is -2.17. The van der Waals surface area contributed by atoms with Crippen LogP contribution < -0.4 is 0 Å². The molecule has 0 aromatic rings. The topological polar surface area (TPSA) is 38.7 Å². The van der Waals surface area contributed by atoms with E-state index in [1.165, 1.54) is 0 Å². The second-order valence-corrected chi connectivity index (χ2v) is 15.5. The molecule has 0 saturated heterocycles. The molecule has 0 spiro atoms. The molecule has 0 aliphatic carbocycles. The van der Waals surface area contributed by atoms with Gasteiger partial charge >= 0.3 is 0 Å². The second-order valence-electron chi connectivity index (χ2n) is 6.59. The number of hydrogen-bond acceptors (Lipinski definition) is 3. The largest absolute Gasteiger partial charge is 0.520 e. The molecule has 0 aliphatic rings. The van der Waals surface area contributed by atoms with Crippen LogP contribution in [0.25, 0.3) is 0 Å². The van der Waals surface area contributed by atoms with Crippen molar-refractivity contribution in [3.8, 4) is 0 Å². The smallest absolute Gasteiger partial charge is 0.260 e. The highest BCUT2D eigenvalue weighted by Gasteiger charge is 2.37. The zero-order valence-electron chi connectivity index (χ0n) is 12.5. The molecule has 0 fully saturated rings. The molecule has 0 aromatic carbocycles. The summed E-state index contributed by atoms with van der Waals surface area (Å²) in [6.45, 7) is 14.5. The predicted molar refractivity (Wildman–Crippen MR) is 77.9 cm³/mol. The van der Waals surface area contributed by atoms with Gasteiger partial charge in [0.05, 0.1) is 7.11 Å². The van der Waals surface area contributed by atoms with Crippen molar-refractivity contribution in [2.75, 3.05) is 7.11 Å². The van der Waals surface area contributed by atoms with Gasteiger partial charge in [-0.2, -0.15) is 0 Å². The minimum absolute atomic E-state index is 0.0838. The molecule has 0 radical (unpaired) electrons. The first-order valence-electron chi connectivity index (χ1n) is 6.04. The van der Waals surface area contributed by atoms with E-state index in [0.717, 1.165) is 6.42 Å². The molecule has 0 rings (SSSR count). The highest BCUT2D eigenvalue weighted by Crippen LogP contribution is 2.39. The molecule has 0 amide bonds. The van der Waals surface area contributed by atoms with Crippen molar-refractivity contribution in [3.05, 3.63) is 12.0 Å². The number of rotatable bonds is 6. The fraction of sp³-hybridized carbons (Fsp3) is 0.833. The molecule has 1 N–H and O–H groups in total. The van der Waals surface area contributed by atoms with E-state index >= 15 is 0 Å². The molecule has 3 nitrogen and oxygen atoms in total. The van der Waals surface area contributed by atoms with Crippen molar-refractivity contribution in [2.24, 2.45) is 0 Å². The first-order valence-corrected chi connectivity index (χ1v) is 12.4. The van der Waals surface area contributed by atoms with Crippen LogP contribution in [-0.4, -0.2) is 28.5 Å². The van der Waals surface area contributed by atoms with Gasteiger partial charge in [-0.3, -0.25) is 0 Å². The summed E-state index contributed by atoms with van der Waals surface area (Å²) < 4.78 is 11.0. The van der Waals surface area contributed by atoms with E-state index in [1.807, 2.05) is 19.2 Å². The molecule has 5 heteroatoms. The van der Waals surface area contributed by atoms with Crippen LogP contribution in [0.2, 0.25) is 37.8 Å². The number of ether oxygens (including phenoxy) is 1. The lowest BCUT2D eigenvalue weighted by Crippen LogP contribution is -2.38. The molecular weight excluding hydrogens is 248 g/mol. The molecule has 17 heavy (non-hydrogen) atoms. The van der Waals surface area contributed by atoms with Crippen LogP contribution in [0, 0.1) is 0 Å². The van der Waals surface area contributed by atoms with Gasteiger partial charge in [-0.15, -0.1) is 0 Å². The third-order valence-corrected chi connectivity index (χ3v) is 7.37. The zero-order valence-corrected chi connectivity index (χ0v) is 14.5. The van der Waals surface area contributed by atoms with E-state index in [1.54, 1.807) is 7.11 Å². The van der Waals surface area contributed by atoms with Gasteiger partial charge in [0, 0.05) is 0 Å². The maximum absolute atomic E-state index is 10.2. The van der Waals surface area contributed by atoms with Crippen molar-refractivity contribution in [3.63, 3.8) is 0 Å². The molecule has 0 heterocycles. The van der Waals surface area contributed by atoms with Crippen LogP contribution >= 0.6 is 0 Å². The van der Waals surface area contributed by atoms with Gasteiger partial charge in [0.2, 0.25) is 8.32 Å². The predicted octanol–water partition coefficient (Wildman–Crippen LogP) is 3.69. The Labute approximate surface area is 108 Å². The van der Waals surface area contributed by atoms with Crippen molar-refractivity contribution in [2.45, 2.75) is 58.0 Å². The highest BCUT2D eigenvalue weighted by atomic mass is 28.4. The average molecular weight is 277 g/mol. The Morgan fingerprint density at radius 1 is 1.18 bits per heavy atom. The standard InChI is InChI=1S/C12H28O3Si2/c1-12(2,17(7,8)13)10-9-11(14-3)15-16(4,5)6/h9,13H,10H2,1-8H3/b11-9+. The van der Waals surface area contributed by atoms with E-state index in [-0.39, 0.29) is 5.04 Å². The third-order valence-electron chi connectivity index (χ3n) is 3.04. The maximum atomic E-state index is 10.2. The SMILES string of the molecule is CO/C(=C\CC(C)(C)[Si](C)(C)O)O[Si](C)(C)C. The molecule has 0 aliphatic heterocycles. The van der Waals surface area contributed by atoms with Crippen molar-refractivity contribution >= 4 is 16.6 Å². The summed E-state index contributed by atoms with van der Waals surface area (Å²) in [6.07, 6.45) is 2.74. The summed E-state index contributed by atoms with van der Waals surface area (Å²) in [5.74, 6) is 0.593. The highest BCUT2D eigenvalue weighted by molar-refractivity contribution is 6.72. The quantitative estimate of drug-likeness (QED) is 0.594. The molecule has 0 saturated carbocycles. The van der Waals surface area contributed by atoms with Crippen LogP contribution in [0.15, 0.2) is 12.0 Å². The van der Waals surface area contributed by atoms with E-state index < -0.39 is 16.6 Å². The zero-order chi connectivity index (χ0) is 13.9. The molecular formula is C12H28O3Si2. The van der Waals surface area contributed by atoms with E-state index in [4.69, 9.17) is 9.16 Å². The number of allylic oxidation sites excluding steroid dienone is 1. The second kappa shape index (κ2) is 5.58. The van der Waals surface area contributed by atoms with Gasteiger partial charge in [0.1, 0.15) is 0 Å². The average Bonchev–Trinajstić information content (AvgIpc) is 2.08. The van der Waals surface area contributed by atoms with Crippen LogP contribution in [0.3, 0.4) is 0 Å². The van der Waals surface area contributed by atoms with Crippen LogP contribution in [0.4, 0.5) is 0 Å². The van der Waals surface area contributed by atoms with Gasteiger partial charge in [0.25, 0.3) is 5.95 Å². The van der Waals surface area contributed by atoms with Gasteiger partial charge < -0.3 is 14.0 Å². The van der Waals surface area contributed by atoms with E-state index in [9.17, 15) is 4.80 Å². The summed E-state index contributed by atoms with van der Waals surface area (Å²) in [5, 5.41) is -0.0838. The Bertz CT molecular complexity index is 272. The molecule has 0 atom stereocenters. The first kappa shape index (κ1) is 16.7. The summed E-state index contributed by atoms with van der Waals surface area (Å²) in [6, 6.07) is 0. The normalized spacial score (nSPS) is 14.8. The summed E-state index contributed by atoms with van der Waals surface area (Å²) in [4.78, 5) is 10.2.